The number of carbonyl (C=O) groups is 2. The molecule has 0 aromatic heterocycles. The van der Waals surface area contributed by atoms with E-state index in [1.165, 1.54) is 7.11 Å². The van der Waals surface area contributed by atoms with E-state index >= 15 is 0 Å². The summed E-state index contributed by atoms with van der Waals surface area (Å²) < 4.78 is 10.2. The molecule has 1 aromatic rings. The van der Waals surface area contributed by atoms with Crippen molar-refractivity contribution in [1.29, 1.82) is 0 Å². The van der Waals surface area contributed by atoms with Crippen molar-refractivity contribution in [1.82, 2.24) is 5.32 Å². The maximum absolute atomic E-state index is 11.6. The van der Waals surface area contributed by atoms with Gasteiger partial charge in [-0.25, -0.2) is 0 Å². The van der Waals surface area contributed by atoms with Crippen LogP contribution in [0.5, 0.6) is 5.75 Å². The number of amides is 1. The fraction of sp³-hybridized carbons (Fsp3) is 0.467. The Morgan fingerprint density at radius 2 is 2.29 bits per heavy atom. The zero-order valence-corrected chi connectivity index (χ0v) is 12.4. The number of nitrogens with one attached hydrogen (secondary N) is 2. The Hall–Kier alpha value is -2.08. The minimum atomic E-state index is -0.479. The van der Waals surface area contributed by atoms with Gasteiger partial charge in [-0.2, -0.15) is 0 Å². The van der Waals surface area contributed by atoms with Gasteiger partial charge in [-0.15, -0.1) is 0 Å². The predicted molar refractivity (Wildman–Crippen MR) is 78.3 cm³/mol. The smallest absolute Gasteiger partial charge is 0.307 e. The molecule has 1 amide bonds. The van der Waals surface area contributed by atoms with E-state index in [2.05, 4.69) is 15.4 Å². The average Bonchev–Trinajstić information content (AvgIpc) is 2.47. The largest absolute Gasteiger partial charge is 0.479 e. The van der Waals surface area contributed by atoms with E-state index < -0.39 is 6.10 Å². The molecular weight excluding hydrogens is 272 g/mol. The summed E-state index contributed by atoms with van der Waals surface area (Å²) in [6, 6.07) is 5.63. The molecule has 0 bridgehead atoms. The minimum Gasteiger partial charge on any atom is -0.479 e. The lowest BCUT2D eigenvalue weighted by Gasteiger charge is -2.24. The number of anilines is 1. The number of esters is 1. The lowest BCUT2D eigenvalue weighted by Crippen LogP contribution is -2.34. The molecule has 0 spiro atoms. The molecule has 21 heavy (non-hydrogen) atoms. The van der Waals surface area contributed by atoms with Crippen LogP contribution in [0, 0.1) is 0 Å². The number of carbonyl (C=O) groups excluding carboxylic acids is 2. The maximum Gasteiger partial charge on any atom is 0.307 e. The number of ether oxygens (including phenoxy) is 2. The third-order valence-electron chi connectivity index (χ3n) is 3.51. The second-order valence-corrected chi connectivity index (χ2v) is 5.05. The van der Waals surface area contributed by atoms with Crippen molar-refractivity contribution in [2.75, 3.05) is 19.5 Å². The van der Waals surface area contributed by atoms with Crippen LogP contribution in [0.25, 0.3) is 0 Å². The van der Waals surface area contributed by atoms with E-state index in [4.69, 9.17) is 4.74 Å². The zero-order chi connectivity index (χ0) is 15.4. The Kier molecular flexibility index (Phi) is 4.80. The van der Waals surface area contributed by atoms with E-state index in [-0.39, 0.29) is 17.9 Å². The SMILES string of the molecule is CNC(CC(=O)OC)Cc1ccc2c(c1)NC(=O)C(C)O2. The summed E-state index contributed by atoms with van der Waals surface area (Å²) >= 11 is 0. The quantitative estimate of drug-likeness (QED) is 0.795. The minimum absolute atomic E-state index is 0.0189. The number of hydrogen-bond donors (Lipinski definition) is 2. The van der Waals surface area contributed by atoms with Crippen molar-refractivity contribution in [3.63, 3.8) is 0 Å². The van der Waals surface area contributed by atoms with Crippen LogP contribution in [0.15, 0.2) is 18.2 Å². The molecule has 2 N–H and O–H groups in total. The van der Waals surface area contributed by atoms with E-state index in [1.807, 2.05) is 18.2 Å². The highest BCUT2D eigenvalue weighted by Gasteiger charge is 2.24. The molecule has 1 aliphatic rings. The summed E-state index contributed by atoms with van der Waals surface area (Å²) in [5, 5.41) is 5.91. The zero-order valence-electron chi connectivity index (χ0n) is 12.4. The summed E-state index contributed by atoms with van der Waals surface area (Å²) in [4.78, 5) is 23.0. The highest BCUT2D eigenvalue weighted by Crippen LogP contribution is 2.30. The fourth-order valence-electron chi connectivity index (χ4n) is 2.23. The molecule has 6 heteroatoms. The van der Waals surface area contributed by atoms with E-state index in [9.17, 15) is 9.59 Å². The standard InChI is InChI=1S/C15H20N2O4/c1-9-15(19)17-12-7-10(4-5-13(12)21-9)6-11(16-2)8-14(18)20-3/h4-5,7,9,11,16H,6,8H2,1-3H3,(H,17,19). The fourth-order valence-corrected chi connectivity index (χ4v) is 2.23. The van der Waals surface area contributed by atoms with Gasteiger partial charge in [-0.3, -0.25) is 9.59 Å². The van der Waals surface area contributed by atoms with Gasteiger partial charge in [-0.1, -0.05) is 6.07 Å². The highest BCUT2D eigenvalue weighted by atomic mass is 16.5. The monoisotopic (exact) mass is 292 g/mol. The van der Waals surface area contributed by atoms with Gasteiger partial charge in [0.05, 0.1) is 19.2 Å². The van der Waals surface area contributed by atoms with E-state index in [1.54, 1.807) is 14.0 Å². The summed E-state index contributed by atoms with van der Waals surface area (Å²) in [6.45, 7) is 1.71. The molecule has 0 radical (unpaired) electrons. The molecule has 2 unspecified atom stereocenters. The van der Waals surface area contributed by atoms with Gasteiger partial charge >= 0.3 is 5.97 Å². The van der Waals surface area contributed by atoms with Gasteiger partial charge in [0.15, 0.2) is 6.10 Å². The van der Waals surface area contributed by atoms with Crippen LogP contribution in [0.4, 0.5) is 5.69 Å². The summed E-state index contributed by atoms with van der Waals surface area (Å²) in [7, 11) is 3.18. The number of benzene rings is 1. The second-order valence-electron chi connectivity index (χ2n) is 5.05. The molecular formula is C15H20N2O4. The normalized spacial score (nSPS) is 18.2. The first kappa shape index (κ1) is 15.3. The molecule has 0 saturated heterocycles. The van der Waals surface area contributed by atoms with Crippen LogP contribution in [-0.2, 0) is 20.7 Å². The molecule has 2 atom stereocenters. The van der Waals surface area contributed by atoms with E-state index in [0.717, 1.165) is 5.56 Å². The van der Waals surface area contributed by atoms with Crippen LogP contribution >= 0.6 is 0 Å². The average molecular weight is 292 g/mol. The van der Waals surface area contributed by atoms with Crippen molar-refractivity contribution < 1.29 is 19.1 Å². The van der Waals surface area contributed by atoms with Crippen LogP contribution in [0.1, 0.15) is 18.9 Å². The Labute approximate surface area is 123 Å². The van der Waals surface area contributed by atoms with Crippen molar-refractivity contribution in [3.05, 3.63) is 23.8 Å². The molecule has 114 valence electrons. The molecule has 1 aromatic carbocycles. The van der Waals surface area contributed by atoms with Gasteiger partial charge in [0.2, 0.25) is 0 Å². The van der Waals surface area contributed by atoms with Gasteiger partial charge in [0.1, 0.15) is 5.75 Å². The first-order valence-electron chi connectivity index (χ1n) is 6.88. The van der Waals surface area contributed by atoms with Crippen molar-refractivity contribution in [2.45, 2.75) is 31.9 Å². The third-order valence-corrected chi connectivity index (χ3v) is 3.51. The maximum atomic E-state index is 11.6. The third kappa shape index (κ3) is 3.72. The Morgan fingerprint density at radius 3 is 2.95 bits per heavy atom. The molecule has 1 heterocycles. The molecule has 2 rings (SSSR count). The number of methoxy groups -OCH3 is 1. The van der Waals surface area contributed by atoms with Gasteiger partial charge in [0, 0.05) is 6.04 Å². The molecule has 0 saturated carbocycles. The summed E-state index contributed by atoms with van der Waals surface area (Å²) in [5.41, 5.74) is 1.68. The molecule has 0 fully saturated rings. The Balaban J connectivity index is 2.09. The lowest BCUT2D eigenvalue weighted by molar-refractivity contribution is -0.141. The first-order valence-corrected chi connectivity index (χ1v) is 6.88. The molecule has 0 aliphatic carbocycles. The number of fused-ring (bicyclic) bond motifs is 1. The first-order chi connectivity index (χ1) is 10.0. The van der Waals surface area contributed by atoms with E-state index in [0.29, 0.717) is 24.3 Å². The van der Waals surface area contributed by atoms with Gasteiger partial charge in [0.25, 0.3) is 5.91 Å². The lowest BCUT2D eigenvalue weighted by atomic mass is 10.0. The highest BCUT2D eigenvalue weighted by molar-refractivity contribution is 5.97. The second kappa shape index (κ2) is 6.58. The van der Waals surface area contributed by atoms with Crippen molar-refractivity contribution >= 4 is 17.6 Å². The molecule has 1 aliphatic heterocycles. The number of likely N-dealkylation sites (N-methyl/N-ethyl adjacent to an activating group) is 1. The topological polar surface area (TPSA) is 76.7 Å². The van der Waals surface area contributed by atoms with Crippen molar-refractivity contribution in [3.8, 4) is 5.75 Å². The van der Waals surface area contributed by atoms with Gasteiger partial charge in [-0.05, 0) is 38.1 Å². The van der Waals surface area contributed by atoms with Crippen LogP contribution in [0.3, 0.4) is 0 Å². The predicted octanol–water partition coefficient (Wildman–Crippen LogP) is 1.10. The number of rotatable bonds is 5. The van der Waals surface area contributed by atoms with Crippen LogP contribution in [0.2, 0.25) is 0 Å². The van der Waals surface area contributed by atoms with Crippen LogP contribution in [-0.4, -0.2) is 38.2 Å². The Morgan fingerprint density at radius 1 is 1.52 bits per heavy atom. The summed E-state index contributed by atoms with van der Waals surface area (Å²) in [6.07, 6.45) is 0.474. The van der Waals surface area contributed by atoms with Crippen LogP contribution < -0.4 is 15.4 Å². The number of hydrogen-bond acceptors (Lipinski definition) is 5. The Bertz CT molecular complexity index is 544. The summed E-state index contributed by atoms with van der Waals surface area (Å²) in [5.74, 6) is 0.261. The van der Waals surface area contributed by atoms with Crippen molar-refractivity contribution in [2.24, 2.45) is 0 Å². The molecule has 6 nitrogen and oxygen atoms in total. The van der Waals surface area contributed by atoms with Gasteiger partial charge < -0.3 is 20.1 Å².